The fourth-order valence-electron chi connectivity index (χ4n) is 2.05. The van der Waals surface area contributed by atoms with Crippen LogP contribution in [0.15, 0.2) is 48.8 Å². The number of pyridine rings is 1. The fourth-order valence-corrected chi connectivity index (χ4v) is 2.05. The highest BCUT2D eigenvalue weighted by molar-refractivity contribution is 5.95. The van der Waals surface area contributed by atoms with Gasteiger partial charge in [-0.1, -0.05) is 12.1 Å². The zero-order valence-corrected chi connectivity index (χ0v) is 10.9. The van der Waals surface area contributed by atoms with Crippen molar-refractivity contribution in [2.75, 3.05) is 5.32 Å². The summed E-state index contributed by atoms with van der Waals surface area (Å²) in [6.45, 7) is 1.81. The average molecular weight is 270 g/mol. The molecule has 1 N–H and O–H groups in total. The molecule has 1 aliphatic rings. The smallest absolute Gasteiger partial charge is 0.269 e. The quantitative estimate of drug-likeness (QED) is 0.909. The highest BCUT2D eigenvalue weighted by atomic mass is 16.6. The van der Waals surface area contributed by atoms with Crippen LogP contribution in [0.1, 0.15) is 6.92 Å². The van der Waals surface area contributed by atoms with Crippen molar-refractivity contribution < 1.29 is 14.3 Å². The maximum Gasteiger partial charge on any atom is 0.269 e. The Morgan fingerprint density at radius 3 is 2.45 bits per heavy atom. The van der Waals surface area contributed by atoms with Crippen LogP contribution in [0.25, 0.3) is 0 Å². The van der Waals surface area contributed by atoms with Gasteiger partial charge in [-0.2, -0.15) is 0 Å². The first kappa shape index (κ1) is 12.5. The molecule has 1 aromatic heterocycles. The number of rotatable bonds is 2. The molecule has 0 bridgehead atoms. The molecule has 0 spiro atoms. The molecule has 3 rings (SSSR count). The molecule has 1 aliphatic heterocycles. The molecule has 0 radical (unpaired) electrons. The number of para-hydroxylation sites is 2. The summed E-state index contributed by atoms with van der Waals surface area (Å²) in [4.78, 5) is 16.2. The number of benzene rings is 1. The van der Waals surface area contributed by atoms with Crippen molar-refractivity contribution in [3.63, 3.8) is 0 Å². The van der Waals surface area contributed by atoms with Crippen LogP contribution in [0, 0.1) is 0 Å². The minimum absolute atomic E-state index is 0.238. The molecule has 2 heterocycles. The van der Waals surface area contributed by atoms with E-state index in [9.17, 15) is 4.79 Å². The van der Waals surface area contributed by atoms with Gasteiger partial charge in [0.05, 0.1) is 0 Å². The van der Waals surface area contributed by atoms with Crippen LogP contribution in [0.4, 0.5) is 5.69 Å². The van der Waals surface area contributed by atoms with Gasteiger partial charge in [0.1, 0.15) is 6.10 Å². The lowest BCUT2D eigenvalue weighted by atomic mass is 10.1. The number of ether oxygens (including phenoxy) is 2. The number of amides is 1. The third-order valence-electron chi connectivity index (χ3n) is 3.05. The van der Waals surface area contributed by atoms with Crippen molar-refractivity contribution in [3.8, 4) is 11.5 Å². The molecule has 0 saturated heterocycles. The van der Waals surface area contributed by atoms with Gasteiger partial charge < -0.3 is 14.8 Å². The number of hydrogen-bond acceptors (Lipinski definition) is 4. The van der Waals surface area contributed by atoms with Gasteiger partial charge >= 0.3 is 0 Å². The molecule has 1 aromatic carbocycles. The molecule has 2 atom stereocenters. The van der Waals surface area contributed by atoms with Crippen LogP contribution in [-0.2, 0) is 4.79 Å². The van der Waals surface area contributed by atoms with Crippen molar-refractivity contribution in [3.05, 3.63) is 48.8 Å². The molecular weight excluding hydrogens is 256 g/mol. The van der Waals surface area contributed by atoms with Crippen LogP contribution in [0.2, 0.25) is 0 Å². The Hall–Kier alpha value is -2.56. The molecule has 5 heteroatoms. The topological polar surface area (TPSA) is 60.5 Å². The Balaban J connectivity index is 1.76. The van der Waals surface area contributed by atoms with E-state index in [-0.39, 0.29) is 12.0 Å². The minimum Gasteiger partial charge on any atom is -0.482 e. The number of anilines is 1. The second kappa shape index (κ2) is 5.21. The van der Waals surface area contributed by atoms with Crippen LogP contribution < -0.4 is 14.8 Å². The number of nitrogens with one attached hydrogen (secondary N) is 1. The van der Waals surface area contributed by atoms with Gasteiger partial charge in [0.25, 0.3) is 5.91 Å². The van der Waals surface area contributed by atoms with Gasteiger partial charge in [0, 0.05) is 18.1 Å². The molecule has 0 aliphatic carbocycles. The van der Waals surface area contributed by atoms with E-state index in [0.29, 0.717) is 17.2 Å². The Bertz CT molecular complexity index is 616. The number of carbonyl (C=O) groups is 1. The SMILES string of the molecule is C[C@H]1Oc2ccccc2O[C@H]1C(=O)Nc1ccncc1. The van der Waals surface area contributed by atoms with Crippen molar-refractivity contribution in [1.82, 2.24) is 4.98 Å². The highest BCUT2D eigenvalue weighted by Gasteiger charge is 2.33. The second-order valence-corrected chi connectivity index (χ2v) is 4.53. The van der Waals surface area contributed by atoms with E-state index < -0.39 is 6.10 Å². The molecular formula is C15H14N2O3. The summed E-state index contributed by atoms with van der Waals surface area (Å²) in [5, 5.41) is 2.79. The van der Waals surface area contributed by atoms with Gasteiger partial charge in [-0.05, 0) is 31.2 Å². The Morgan fingerprint density at radius 1 is 1.10 bits per heavy atom. The number of nitrogens with zero attached hydrogens (tertiary/aromatic N) is 1. The first-order valence-corrected chi connectivity index (χ1v) is 6.37. The summed E-state index contributed by atoms with van der Waals surface area (Å²) in [7, 11) is 0. The van der Waals surface area contributed by atoms with Crippen molar-refractivity contribution in [2.45, 2.75) is 19.1 Å². The first-order chi connectivity index (χ1) is 9.74. The summed E-state index contributed by atoms with van der Waals surface area (Å²) < 4.78 is 11.4. The van der Waals surface area contributed by atoms with E-state index in [0.717, 1.165) is 0 Å². The zero-order valence-electron chi connectivity index (χ0n) is 10.9. The number of fused-ring (bicyclic) bond motifs is 1. The van der Waals surface area contributed by atoms with E-state index >= 15 is 0 Å². The average Bonchev–Trinajstić information content (AvgIpc) is 2.47. The zero-order chi connectivity index (χ0) is 13.9. The Kier molecular flexibility index (Phi) is 3.25. The van der Waals surface area contributed by atoms with Crippen LogP contribution in [0.5, 0.6) is 11.5 Å². The monoisotopic (exact) mass is 270 g/mol. The minimum atomic E-state index is -0.682. The van der Waals surface area contributed by atoms with E-state index in [1.54, 1.807) is 30.6 Å². The molecule has 20 heavy (non-hydrogen) atoms. The third-order valence-corrected chi connectivity index (χ3v) is 3.05. The summed E-state index contributed by atoms with van der Waals surface area (Å²) in [6.07, 6.45) is 2.20. The van der Waals surface area contributed by atoms with Gasteiger partial charge in [-0.3, -0.25) is 9.78 Å². The molecule has 0 unspecified atom stereocenters. The molecule has 1 amide bonds. The molecule has 2 aromatic rings. The maximum atomic E-state index is 12.3. The first-order valence-electron chi connectivity index (χ1n) is 6.37. The largest absolute Gasteiger partial charge is 0.482 e. The predicted octanol–water partition coefficient (Wildman–Crippen LogP) is 2.25. The van der Waals surface area contributed by atoms with Crippen molar-refractivity contribution >= 4 is 11.6 Å². The van der Waals surface area contributed by atoms with Crippen molar-refractivity contribution in [2.24, 2.45) is 0 Å². The summed E-state index contributed by atoms with van der Waals surface area (Å²) in [6, 6.07) is 10.8. The van der Waals surface area contributed by atoms with E-state index in [4.69, 9.17) is 9.47 Å². The standard InChI is InChI=1S/C15H14N2O3/c1-10-14(15(18)17-11-6-8-16-9-7-11)20-13-5-3-2-4-12(13)19-10/h2-10,14H,1H3,(H,16,17,18)/t10-,14-/m1/s1. The highest BCUT2D eigenvalue weighted by Crippen LogP contribution is 2.33. The van der Waals surface area contributed by atoms with E-state index in [1.807, 2.05) is 25.1 Å². The molecule has 5 nitrogen and oxygen atoms in total. The van der Waals surface area contributed by atoms with Crippen molar-refractivity contribution in [1.29, 1.82) is 0 Å². The van der Waals surface area contributed by atoms with Gasteiger partial charge in [-0.15, -0.1) is 0 Å². The number of aromatic nitrogens is 1. The summed E-state index contributed by atoms with van der Waals surface area (Å²) in [5.74, 6) is 1.01. The van der Waals surface area contributed by atoms with Crippen LogP contribution in [0.3, 0.4) is 0 Å². The fraction of sp³-hybridized carbons (Fsp3) is 0.200. The number of carbonyl (C=O) groups excluding carboxylic acids is 1. The molecule has 0 fully saturated rings. The van der Waals surface area contributed by atoms with E-state index in [1.165, 1.54) is 0 Å². The lowest BCUT2D eigenvalue weighted by Crippen LogP contribution is -2.46. The molecule has 102 valence electrons. The van der Waals surface area contributed by atoms with Gasteiger partial charge in [0.2, 0.25) is 6.10 Å². The van der Waals surface area contributed by atoms with Gasteiger partial charge in [-0.25, -0.2) is 0 Å². The predicted molar refractivity (Wildman–Crippen MR) is 73.8 cm³/mol. The normalized spacial score (nSPS) is 20.2. The number of hydrogen-bond donors (Lipinski definition) is 1. The summed E-state index contributed by atoms with van der Waals surface area (Å²) in [5.41, 5.74) is 0.680. The lowest BCUT2D eigenvalue weighted by Gasteiger charge is -2.30. The lowest BCUT2D eigenvalue weighted by molar-refractivity contribution is -0.128. The van der Waals surface area contributed by atoms with Crippen LogP contribution in [-0.4, -0.2) is 23.1 Å². The van der Waals surface area contributed by atoms with E-state index in [2.05, 4.69) is 10.3 Å². The Morgan fingerprint density at radius 2 is 1.75 bits per heavy atom. The van der Waals surface area contributed by atoms with Crippen LogP contribution >= 0.6 is 0 Å². The maximum absolute atomic E-state index is 12.3. The second-order valence-electron chi connectivity index (χ2n) is 4.53. The Labute approximate surface area is 116 Å². The molecule has 0 saturated carbocycles. The van der Waals surface area contributed by atoms with Gasteiger partial charge in [0.15, 0.2) is 11.5 Å². The third kappa shape index (κ3) is 2.42. The summed E-state index contributed by atoms with van der Waals surface area (Å²) >= 11 is 0.